The number of alkyl halides is 5. The number of carbonyl (C=O) groups excluding carboxylic acids is 2. The number of nitrogens with zero attached hydrogens (tertiary/aromatic N) is 2. The van der Waals surface area contributed by atoms with E-state index in [4.69, 9.17) is 4.74 Å². The molecule has 1 aromatic carbocycles. The van der Waals surface area contributed by atoms with E-state index in [0.717, 1.165) is 5.56 Å². The second-order valence-electron chi connectivity index (χ2n) is 9.60. The molecule has 1 aliphatic carbocycles. The Bertz CT molecular complexity index is 1130. The summed E-state index contributed by atoms with van der Waals surface area (Å²) in [4.78, 5) is 30.5. The molecule has 0 radical (unpaired) electrons. The quantitative estimate of drug-likeness (QED) is 0.468. The van der Waals surface area contributed by atoms with Gasteiger partial charge in [-0.25, -0.2) is 8.78 Å². The minimum Gasteiger partial charge on any atom is -0.484 e. The normalized spacial score (nSPS) is 21.4. The maximum absolute atomic E-state index is 13.3. The lowest BCUT2D eigenvalue weighted by Crippen LogP contribution is -2.44. The number of rotatable bonds is 9. The number of aromatic nitrogens is 1. The Morgan fingerprint density at radius 3 is 2.53 bits per heavy atom. The molecule has 4 rings (SSSR count). The molecule has 1 saturated carbocycles. The summed E-state index contributed by atoms with van der Waals surface area (Å²) in [6.07, 6.45) is -3.34. The second kappa shape index (κ2) is 11.1. The Hall–Kier alpha value is -3.44. The first-order valence-electron chi connectivity index (χ1n) is 12.2. The number of piperidine rings is 1. The van der Waals surface area contributed by atoms with Crippen LogP contribution in [-0.2, 0) is 9.59 Å². The average molecular weight is 542 g/mol. The van der Waals surface area contributed by atoms with Crippen LogP contribution in [0.2, 0.25) is 0 Å². The molecule has 206 valence electrons. The number of pyridine rings is 1. The highest BCUT2D eigenvalue weighted by Crippen LogP contribution is 2.48. The third kappa shape index (κ3) is 7.55. The fourth-order valence-electron chi connectivity index (χ4n) is 4.30. The maximum atomic E-state index is 13.3. The highest BCUT2D eigenvalue weighted by atomic mass is 19.4. The smallest absolute Gasteiger partial charge is 0.422 e. The van der Waals surface area contributed by atoms with Crippen molar-refractivity contribution in [3.8, 4) is 11.5 Å². The van der Waals surface area contributed by atoms with E-state index in [1.165, 1.54) is 23.2 Å². The molecule has 2 fully saturated rings. The van der Waals surface area contributed by atoms with Crippen LogP contribution in [0.25, 0.3) is 0 Å². The van der Waals surface area contributed by atoms with Gasteiger partial charge in [0.1, 0.15) is 11.5 Å². The summed E-state index contributed by atoms with van der Waals surface area (Å²) in [5.41, 5.74) is 1.36. The summed E-state index contributed by atoms with van der Waals surface area (Å²) >= 11 is 0. The molecule has 2 aliphatic rings. The standard InChI is InChI=1S/C26H28F5N3O4/c1-16(22-6-5-19(13-32-22)38-15-26(29,30)31)33-24(36)21-12-20(21)17-3-2-4-18(11-17)37-14-23(35)34-9-7-25(27,28)8-10-34/h2-6,11,13,16,20-21H,7-10,12,14-15H2,1H3,(H,33,36)/t16-,20?,21?/m1/s1. The van der Waals surface area contributed by atoms with Crippen LogP contribution in [0.15, 0.2) is 42.6 Å². The summed E-state index contributed by atoms with van der Waals surface area (Å²) in [5.74, 6) is -3.12. The zero-order valence-electron chi connectivity index (χ0n) is 20.6. The molecular weight excluding hydrogens is 513 g/mol. The molecule has 2 aromatic rings. The van der Waals surface area contributed by atoms with Crippen LogP contribution in [0.3, 0.4) is 0 Å². The number of benzene rings is 1. The molecule has 2 heterocycles. The molecule has 1 aromatic heterocycles. The van der Waals surface area contributed by atoms with Crippen LogP contribution in [-0.4, -0.2) is 60.1 Å². The molecule has 0 spiro atoms. The molecular formula is C26H28F5N3O4. The van der Waals surface area contributed by atoms with Gasteiger partial charge < -0.3 is 19.7 Å². The third-order valence-electron chi connectivity index (χ3n) is 6.59. The van der Waals surface area contributed by atoms with Crippen LogP contribution in [0.1, 0.15) is 49.4 Å². The first kappa shape index (κ1) is 27.6. The van der Waals surface area contributed by atoms with E-state index in [2.05, 4.69) is 15.0 Å². The topological polar surface area (TPSA) is 80.8 Å². The van der Waals surface area contributed by atoms with Gasteiger partial charge in [0, 0.05) is 31.8 Å². The number of hydrogen-bond donors (Lipinski definition) is 1. The summed E-state index contributed by atoms with van der Waals surface area (Å²) in [7, 11) is 0. The van der Waals surface area contributed by atoms with Crippen molar-refractivity contribution in [1.29, 1.82) is 0 Å². The molecule has 0 bridgehead atoms. The number of ether oxygens (including phenoxy) is 2. The number of halogens is 5. The Morgan fingerprint density at radius 1 is 1.13 bits per heavy atom. The van der Waals surface area contributed by atoms with Crippen molar-refractivity contribution in [3.63, 3.8) is 0 Å². The molecule has 38 heavy (non-hydrogen) atoms. The Morgan fingerprint density at radius 2 is 1.87 bits per heavy atom. The average Bonchev–Trinajstić information content (AvgIpc) is 3.67. The summed E-state index contributed by atoms with van der Waals surface area (Å²) in [5, 5.41) is 2.87. The van der Waals surface area contributed by atoms with Crippen molar-refractivity contribution >= 4 is 11.8 Å². The van der Waals surface area contributed by atoms with E-state index >= 15 is 0 Å². The van der Waals surface area contributed by atoms with Gasteiger partial charge in [-0.2, -0.15) is 13.2 Å². The van der Waals surface area contributed by atoms with Crippen molar-refractivity contribution in [2.75, 3.05) is 26.3 Å². The van der Waals surface area contributed by atoms with E-state index in [1.807, 2.05) is 6.07 Å². The number of likely N-dealkylation sites (tertiary alicyclic amines) is 1. The maximum Gasteiger partial charge on any atom is 0.422 e. The largest absolute Gasteiger partial charge is 0.484 e. The molecule has 1 saturated heterocycles. The zero-order chi connectivity index (χ0) is 27.5. The number of carbonyl (C=O) groups is 2. The fourth-order valence-corrected chi connectivity index (χ4v) is 4.30. The molecule has 7 nitrogen and oxygen atoms in total. The lowest BCUT2D eigenvalue weighted by molar-refractivity contribution is -0.153. The molecule has 1 aliphatic heterocycles. The highest BCUT2D eigenvalue weighted by Gasteiger charge is 2.44. The van der Waals surface area contributed by atoms with Crippen molar-refractivity contribution in [3.05, 3.63) is 53.9 Å². The van der Waals surface area contributed by atoms with Gasteiger partial charge >= 0.3 is 6.18 Å². The van der Waals surface area contributed by atoms with Gasteiger partial charge in [-0.05, 0) is 49.1 Å². The van der Waals surface area contributed by atoms with Gasteiger partial charge in [-0.1, -0.05) is 12.1 Å². The predicted molar refractivity (Wildman–Crippen MR) is 126 cm³/mol. The van der Waals surface area contributed by atoms with Crippen LogP contribution in [0, 0.1) is 5.92 Å². The molecule has 12 heteroatoms. The number of hydrogen-bond acceptors (Lipinski definition) is 5. The second-order valence-corrected chi connectivity index (χ2v) is 9.60. The van der Waals surface area contributed by atoms with Crippen molar-refractivity contribution < 1.29 is 41.0 Å². The van der Waals surface area contributed by atoms with Gasteiger partial charge in [-0.3, -0.25) is 14.6 Å². The Kier molecular flexibility index (Phi) is 8.08. The molecule has 2 unspecified atom stereocenters. The predicted octanol–water partition coefficient (Wildman–Crippen LogP) is 4.64. The van der Waals surface area contributed by atoms with E-state index in [-0.39, 0.29) is 61.9 Å². The SMILES string of the molecule is C[C@@H](NC(=O)C1CC1c1cccc(OCC(=O)N2CCC(F)(F)CC2)c1)c1ccc(OCC(F)(F)F)cn1. The van der Waals surface area contributed by atoms with Gasteiger partial charge in [0.2, 0.25) is 5.91 Å². The minimum atomic E-state index is -4.44. The van der Waals surface area contributed by atoms with Gasteiger partial charge in [0.25, 0.3) is 11.8 Å². The number of amides is 2. The highest BCUT2D eigenvalue weighted by molar-refractivity contribution is 5.83. The molecule has 3 atom stereocenters. The lowest BCUT2D eigenvalue weighted by Gasteiger charge is -2.31. The van der Waals surface area contributed by atoms with Crippen LogP contribution in [0.5, 0.6) is 11.5 Å². The van der Waals surface area contributed by atoms with Crippen molar-refractivity contribution in [2.45, 2.75) is 50.2 Å². The molecule has 1 N–H and O–H groups in total. The van der Waals surface area contributed by atoms with Gasteiger partial charge in [0.05, 0.1) is 17.9 Å². The molecule has 2 amide bonds. The van der Waals surface area contributed by atoms with Gasteiger partial charge in [-0.15, -0.1) is 0 Å². The van der Waals surface area contributed by atoms with Crippen molar-refractivity contribution in [2.24, 2.45) is 5.92 Å². The minimum absolute atomic E-state index is 0.00196. The lowest BCUT2D eigenvalue weighted by atomic mass is 10.1. The Labute approximate surface area is 216 Å². The van der Waals surface area contributed by atoms with Gasteiger partial charge in [0.15, 0.2) is 13.2 Å². The monoisotopic (exact) mass is 541 g/mol. The fraction of sp³-hybridized carbons (Fsp3) is 0.500. The summed E-state index contributed by atoms with van der Waals surface area (Å²) in [6.45, 7) is 0.0544. The number of nitrogens with one attached hydrogen (secondary N) is 1. The van der Waals surface area contributed by atoms with E-state index in [0.29, 0.717) is 17.9 Å². The third-order valence-corrected chi connectivity index (χ3v) is 6.59. The van der Waals surface area contributed by atoms with E-state index < -0.39 is 24.7 Å². The van der Waals surface area contributed by atoms with E-state index in [9.17, 15) is 31.5 Å². The first-order chi connectivity index (χ1) is 17.9. The summed E-state index contributed by atoms with van der Waals surface area (Å²) in [6, 6.07) is 9.49. The van der Waals surface area contributed by atoms with E-state index in [1.54, 1.807) is 25.1 Å². The van der Waals surface area contributed by atoms with Crippen LogP contribution < -0.4 is 14.8 Å². The Balaban J connectivity index is 1.24. The first-order valence-corrected chi connectivity index (χ1v) is 12.2. The zero-order valence-corrected chi connectivity index (χ0v) is 20.6. The van der Waals surface area contributed by atoms with Crippen LogP contribution >= 0.6 is 0 Å². The van der Waals surface area contributed by atoms with Crippen LogP contribution in [0.4, 0.5) is 22.0 Å². The summed E-state index contributed by atoms with van der Waals surface area (Å²) < 4.78 is 73.7. The van der Waals surface area contributed by atoms with Crippen molar-refractivity contribution in [1.82, 2.24) is 15.2 Å².